The molecule has 31 heavy (non-hydrogen) atoms. The molecule has 1 saturated heterocycles. The number of benzene rings is 2. The van der Waals surface area contributed by atoms with Gasteiger partial charge in [-0.2, -0.15) is 0 Å². The van der Waals surface area contributed by atoms with Gasteiger partial charge in [0.1, 0.15) is 0 Å². The second-order valence-corrected chi connectivity index (χ2v) is 7.47. The zero-order valence-electron chi connectivity index (χ0n) is 17.8. The maximum atomic E-state index is 12.6. The van der Waals surface area contributed by atoms with Gasteiger partial charge in [0, 0.05) is 42.8 Å². The van der Waals surface area contributed by atoms with Crippen molar-refractivity contribution in [2.24, 2.45) is 0 Å². The fourth-order valence-electron chi connectivity index (χ4n) is 3.35. The number of hydrogen-bond donors (Lipinski definition) is 0. The van der Waals surface area contributed by atoms with E-state index in [1.165, 1.54) is 0 Å². The molecule has 1 aliphatic rings. The third-order valence-electron chi connectivity index (χ3n) is 4.96. The van der Waals surface area contributed by atoms with Crippen molar-refractivity contribution >= 4 is 29.5 Å². The predicted octanol–water partition coefficient (Wildman–Crippen LogP) is 4.14. The molecule has 0 radical (unpaired) electrons. The van der Waals surface area contributed by atoms with Crippen molar-refractivity contribution in [3.05, 3.63) is 64.7 Å². The third-order valence-corrected chi connectivity index (χ3v) is 5.21. The fourth-order valence-corrected chi connectivity index (χ4v) is 3.48. The molecular weight excluding hydrogens is 416 g/mol. The highest BCUT2D eigenvalue weighted by molar-refractivity contribution is 6.30. The molecule has 0 saturated carbocycles. The van der Waals surface area contributed by atoms with Gasteiger partial charge in [0.25, 0.3) is 5.91 Å². The van der Waals surface area contributed by atoms with E-state index in [-0.39, 0.29) is 11.8 Å². The molecule has 0 aromatic heterocycles. The van der Waals surface area contributed by atoms with E-state index in [2.05, 4.69) is 0 Å². The van der Waals surface area contributed by atoms with Crippen LogP contribution in [0, 0.1) is 0 Å². The van der Waals surface area contributed by atoms with Gasteiger partial charge in [-0.05, 0) is 61.9 Å². The molecule has 1 fully saturated rings. The zero-order chi connectivity index (χ0) is 22.2. The molecule has 0 atom stereocenters. The Balaban J connectivity index is 1.57. The van der Waals surface area contributed by atoms with E-state index in [1.807, 2.05) is 32.0 Å². The summed E-state index contributed by atoms with van der Waals surface area (Å²) in [6.07, 6.45) is 3.33. The van der Waals surface area contributed by atoms with Crippen LogP contribution in [0.3, 0.4) is 0 Å². The lowest BCUT2D eigenvalue weighted by Gasteiger charge is -2.34. The van der Waals surface area contributed by atoms with Gasteiger partial charge in [0.05, 0.1) is 13.2 Å². The number of piperazine rings is 1. The first-order valence-corrected chi connectivity index (χ1v) is 10.8. The molecule has 6 nitrogen and oxygen atoms in total. The Labute approximate surface area is 188 Å². The molecule has 7 heteroatoms. The number of rotatable bonds is 7. The molecule has 2 amide bonds. The van der Waals surface area contributed by atoms with Crippen LogP contribution in [0.5, 0.6) is 11.5 Å². The Hall–Kier alpha value is -2.99. The highest BCUT2D eigenvalue weighted by Crippen LogP contribution is 2.29. The summed E-state index contributed by atoms with van der Waals surface area (Å²) < 4.78 is 11.2. The van der Waals surface area contributed by atoms with Crippen molar-refractivity contribution in [2.75, 3.05) is 39.4 Å². The van der Waals surface area contributed by atoms with Crippen LogP contribution in [-0.2, 0) is 4.79 Å². The lowest BCUT2D eigenvalue weighted by atomic mass is 10.1. The van der Waals surface area contributed by atoms with Gasteiger partial charge in [0.15, 0.2) is 11.5 Å². The highest BCUT2D eigenvalue weighted by atomic mass is 35.5. The monoisotopic (exact) mass is 442 g/mol. The number of ether oxygens (including phenoxy) is 2. The SMILES string of the molecule is CCOc1ccc(/C=C/C(=O)N2CCN(C(=O)c3ccc(Cl)cc3)CC2)cc1OCC. The van der Waals surface area contributed by atoms with Gasteiger partial charge >= 0.3 is 0 Å². The van der Waals surface area contributed by atoms with E-state index in [0.29, 0.717) is 61.5 Å². The lowest BCUT2D eigenvalue weighted by molar-refractivity contribution is -0.127. The normalized spacial score (nSPS) is 14.0. The molecule has 1 heterocycles. The molecule has 3 rings (SSSR count). The molecule has 164 valence electrons. The number of halogens is 1. The van der Waals surface area contributed by atoms with Crippen molar-refractivity contribution in [1.82, 2.24) is 9.80 Å². The molecule has 2 aromatic rings. The topological polar surface area (TPSA) is 59.1 Å². The van der Waals surface area contributed by atoms with Gasteiger partial charge in [-0.1, -0.05) is 17.7 Å². The molecular formula is C24H27ClN2O4. The summed E-state index contributed by atoms with van der Waals surface area (Å²) in [6, 6.07) is 12.5. The molecule has 0 spiro atoms. The first-order chi connectivity index (χ1) is 15.0. The Kier molecular flexibility index (Phi) is 7.95. The average Bonchev–Trinajstić information content (AvgIpc) is 2.79. The molecule has 0 N–H and O–H groups in total. The fraction of sp³-hybridized carbons (Fsp3) is 0.333. The van der Waals surface area contributed by atoms with Crippen LogP contribution < -0.4 is 9.47 Å². The van der Waals surface area contributed by atoms with Crippen LogP contribution in [-0.4, -0.2) is 61.0 Å². The van der Waals surface area contributed by atoms with Gasteiger partial charge < -0.3 is 19.3 Å². The maximum absolute atomic E-state index is 12.6. The van der Waals surface area contributed by atoms with E-state index >= 15 is 0 Å². The summed E-state index contributed by atoms with van der Waals surface area (Å²) in [6.45, 7) is 6.92. The molecule has 1 aliphatic heterocycles. The summed E-state index contributed by atoms with van der Waals surface area (Å²) in [5.74, 6) is 1.23. The number of carbonyl (C=O) groups is 2. The number of hydrogen-bond acceptors (Lipinski definition) is 4. The van der Waals surface area contributed by atoms with E-state index in [0.717, 1.165) is 5.56 Å². The summed E-state index contributed by atoms with van der Waals surface area (Å²) in [7, 11) is 0. The van der Waals surface area contributed by atoms with Crippen LogP contribution in [0.15, 0.2) is 48.5 Å². The maximum Gasteiger partial charge on any atom is 0.253 e. The van der Waals surface area contributed by atoms with Crippen LogP contribution in [0.25, 0.3) is 6.08 Å². The second kappa shape index (κ2) is 10.9. The minimum absolute atomic E-state index is 0.0443. The van der Waals surface area contributed by atoms with Crippen molar-refractivity contribution < 1.29 is 19.1 Å². The Morgan fingerprint density at radius 3 is 2.16 bits per heavy atom. The van der Waals surface area contributed by atoms with Crippen molar-refractivity contribution in [3.8, 4) is 11.5 Å². The molecule has 0 bridgehead atoms. The lowest BCUT2D eigenvalue weighted by Crippen LogP contribution is -2.50. The summed E-state index contributed by atoms with van der Waals surface area (Å²) in [5.41, 5.74) is 1.46. The van der Waals surface area contributed by atoms with E-state index < -0.39 is 0 Å². The Morgan fingerprint density at radius 2 is 1.52 bits per heavy atom. The molecule has 0 unspecified atom stereocenters. The third kappa shape index (κ3) is 6.01. The van der Waals surface area contributed by atoms with Crippen LogP contribution in [0.2, 0.25) is 5.02 Å². The van der Waals surface area contributed by atoms with E-state index in [9.17, 15) is 9.59 Å². The van der Waals surface area contributed by atoms with Crippen molar-refractivity contribution in [1.29, 1.82) is 0 Å². The smallest absolute Gasteiger partial charge is 0.253 e. The number of carbonyl (C=O) groups excluding carboxylic acids is 2. The average molecular weight is 443 g/mol. The van der Waals surface area contributed by atoms with Crippen molar-refractivity contribution in [2.45, 2.75) is 13.8 Å². The summed E-state index contributed by atoms with van der Waals surface area (Å²) in [4.78, 5) is 28.7. The van der Waals surface area contributed by atoms with Crippen LogP contribution in [0.1, 0.15) is 29.8 Å². The van der Waals surface area contributed by atoms with E-state index in [4.69, 9.17) is 21.1 Å². The van der Waals surface area contributed by atoms with Gasteiger partial charge in [-0.25, -0.2) is 0 Å². The first kappa shape index (κ1) is 22.7. The van der Waals surface area contributed by atoms with Crippen LogP contribution >= 0.6 is 11.6 Å². The predicted molar refractivity (Wildman–Crippen MR) is 122 cm³/mol. The molecule has 0 aliphatic carbocycles. The summed E-state index contributed by atoms with van der Waals surface area (Å²) >= 11 is 5.89. The number of amides is 2. The summed E-state index contributed by atoms with van der Waals surface area (Å²) in [5, 5.41) is 0.597. The van der Waals surface area contributed by atoms with Crippen LogP contribution in [0.4, 0.5) is 0 Å². The van der Waals surface area contributed by atoms with Gasteiger partial charge in [-0.15, -0.1) is 0 Å². The highest BCUT2D eigenvalue weighted by Gasteiger charge is 2.23. The zero-order valence-corrected chi connectivity index (χ0v) is 18.6. The number of nitrogens with zero attached hydrogens (tertiary/aromatic N) is 2. The minimum atomic E-state index is -0.0783. The van der Waals surface area contributed by atoms with Gasteiger partial charge in [-0.3, -0.25) is 9.59 Å². The minimum Gasteiger partial charge on any atom is -0.490 e. The Morgan fingerprint density at radius 1 is 0.903 bits per heavy atom. The van der Waals surface area contributed by atoms with Crippen molar-refractivity contribution in [3.63, 3.8) is 0 Å². The molecule has 2 aromatic carbocycles. The second-order valence-electron chi connectivity index (χ2n) is 7.03. The van der Waals surface area contributed by atoms with Gasteiger partial charge in [0.2, 0.25) is 5.91 Å². The van der Waals surface area contributed by atoms with E-state index in [1.54, 1.807) is 46.2 Å². The first-order valence-electron chi connectivity index (χ1n) is 10.4. The quantitative estimate of drug-likeness (QED) is 0.605. The largest absolute Gasteiger partial charge is 0.490 e. The Bertz CT molecular complexity index is 935. The standard InChI is InChI=1S/C24H27ClN2O4/c1-3-30-21-11-5-18(17-22(21)31-4-2)6-12-23(28)26-13-15-27(16-14-26)24(29)19-7-9-20(25)10-8-19/h5-12,17H,3-4,13-16H2,1-2H3/b12-6+.